The highest BCUT2D eigenvalue weighted by molar-refractivity contribution is 7.89. The van der Waals surface area contributed by atoms with Gasteiger partial charge in [0.1, 0.15) is 0 Å². The molecular weight excluding hydrogens is 278 g/mol. The van der Waals surface area contributed by atoms with E-state index in [9.17, 15) is 13.2 Å². The Morgan fingerprint density at radius 1 is 1.35 bits per heavy atom. The molecule has 1 amide bonds. The smallest absolute Gasteiger partial charge is 0.243 e. The number of aryl methyl sites for hydroxylation is 1. The van der Waals surface area contributed by atoms with Crippen molar-refractivity contribution < 1.29 is 13.2 Å². The molecule has 0 saturated carbocycles. The highest BCUT2D eigenvalue weighted by Crippen LogP contribution is 2.23. The average Bonchev–Trinajstić information content (AvgIpc) is 2.30. The zero-order chi connectivity index (χ0) is 15.5. The molecule has 7 heteroatoms. The first-order valence-corrected chi connectivity index (χ1v) is 7.73. The van der Waals surface area contributed by atoms with Crippen molar-refractivity contribution in [1.29, 1.82) is 0 Å². The summed E-state index contributed by atoms with van der Waals surface area (Å²) in [6.45, 7) is 5.31. The number of hydrogen-bond donors (Lipinski definition) is 2. The second kappa shape index (κ2) is 6.23. The fraction of sp³-hybridized carbons (Fsp3) is 0.462. The summed E-state index contributed by atoms with van der Waals surface area (Å²) in [5, 5.41) is 0. The molecule has 20 heavy (non-hydrogen) atoms. The van der Waals surface area contributed by atoms with Crippen molar-refractivity contribution in [3.63, 3.8) is 0 Å². The summed E-state index contributed by atoms with van der Waals surface area (Å²) in [5.74, 6) is -0.610. The molecule has 0 aliphatic heterocycles. The van der Waals surface area contributed by atoms with Gasteiger partial charge in [0, 0.05) is 12.2 Å². The van der Waals surface area contributed by atoms with E-state index < -0.39 is 15.9 Å². The molecule has 0 heterocycles. The Bertz CT molecular complexity index is 597. The van der Waals surface area contributed by atoms with Gasteiger partial charge < -0.3 is 11.5 Å². The molecule has 1 rings (SSSR count). The van der Waals surface area contributed by atoms with Crippen LogP contribution in [0.5, 0.6) is 0 Å². The second-order valence-corrected chi connectivity index (χ2v) is 7.09. The van der Waals surface area contributed by atoms with Crippen LogP contribution >= 0.6 is 0 Å². The molecule has 0 aliphatic carbocycles. The van der Waals surface area contributed by atoms with E-state index in [1.54, 1.807) is 19.1 Å². The van der Waals surface area contributed by atoms with E-state index in [1.807, 2.05) is 13.8 Å². The molecular formula is C13H21N3O3S. The van der Waals surface area contributed by atoms with Crippen molar-refractivity contribution >= 4 is 21.6 Å². The maximum Gasteiger partial charge on any atom is 0.243 e. The lowest BCUT2D eigenvalue weighted by atomic mass is 10.2. The van der Waals surface area contributed by atoms with Crippen LogP contribution in [0.15, 0.2) is 23.1 Å². The first-order chi connectivity index (χ1) is 9.14. The van der Waals surface area contributed by atoms with Crippen LogP contribution in [-0.2, 0) is 14.8 Å². The minimum atomic E-state index is -3.79. The van der Waals surface area contributed by atoms with Crippen molar-refractivity contribution in [2.45, 2.75) is 25.7 Å². The Morgan fingerprint density at radius 2 is 1.95 bits per heavy atom. The number of benzene rings is 1. The van der Waals surface area contributed by atoms with E-state index in [0.29, 0.717) is 11.3 Å². The molecule has 0 aromatic heterocycles. The van der Waals surface area contributed by atoms with E-state index in [0.717, 1.165) is 4.31 Å². The van der Waals surface area contributed by atoms with Crippen molar-refractivity contribution in [2.75, 3.05) is 18.8 Å². The lowest BCUT2D eigenvalue weighted by Crippen LogP contribution is -2.40. The van der Waals surface area contributed by atoms with E-state index in [-0.39, 0.29) is 23.9 Å². The van der Waals surface area contributed by atoms with E-state index >= 15 is 0 Å². The van der Waals surface area contributed by atoms with Crippen LogP contribution in [0.3, 0.4) is 0 Å². The van der Waals surface area contributed by atoms with E-state index in [2.05, 4.69) is 0 Å². The number of nitrogens with two attached hydrogens (primary N) is 2. The predicted molar refractivity (Wildman–Crippen MR) is 78.4 cm³/mol. The van der Waals surface area contributed by atoms with Crippen LogP contribution in [0.1, 0.15) is 19.4 Å². The van der Waals surface area contributed by atoms with Gasteiger partial charge in [0.2, 0.25) is 15.9 Å². The monoisotopic (exact) mass is 299 g/mol. The number of sulfonamides is 1. The third kappa shape index (κ3) is 3.94. The predicted octanol–water partition coefficient (Wildman–Crippen LogP) is 0.709. The van der Waals surface area contributed by atoms with Crippen molar-refractivity contribution in [1.82, 2.24) is 4.31 Å². The largest absolute Gasteiger partial charge is 0.399 e. The molecule has 0 radical (unpaired) electrons. The molecule has 1 aromatic rings. The van der Waals surface area contributed by atoms with Gasteiger partial charge in [-0.25, -0.2) is 8.42 Å². The van der Waals surface area contributed by atoms with Crippen molar-refractivity contribution in [2.24, 2.45) is 11.7 Å². The summed E-state index contributed by atoms with van der Waals surface area (Å²) < 4.78 is 26.4. The molecule has 0 bridgehead atoms. The zero-order valence-corrected chi connectivity index (χ0v) is 12.8. The molecule has 4 N–H and O–H groups in total. The standard InChI is InChI=1S/C13H21N3O3S/c1-9(2)7-16(8-13(15)17)20(18,19)12-6-11(14)5-4-10(12)3/h4-6,9H,7-8,14H2,1-3H3,(H2,15,17). The maximum atomic E-state index is 12.6. The lowest BCUT2D eigenvalue weighted by molar-refractivity contribution is -0.118. The van der Waals surface area contributed by atoms with Crippen molar-refractivity contribution in [3.8, 4) is 0 Å². The topological polar surface area (TPSA) is 106 Å². The molecule has 0 atom stereocenters. The van der Waals surface area contributed by atoms with E-state index in [4.69, 9.17) is 11.5 Å². The van der Waals surface area contributed by atoms with Gasteiger partial charge in [0.25, 0.3) is 0 Å². The number of amides is 1. The molecule has 0 saturated heterocycles. The summed E-state index contributed by atoms with van der Waals surface area (Å²) in [6, 6.07) is 4.67. The lowest BCUT2D eigenvalue weighted by Gasteiger charge is -2.23. The average molecular weight is 299 g/mol. The number of carbonyl (C=O) groups excluding carboxylic acids is 1. The number of rotatable bonds is 6. The van der Waals surface area contributed by atoms with Crippen LogP contribution in [-0.4, -0.2) is 31.7 Å². The molecule has 0 spiro atoms. The molecule has 0 unspecified atom stereocenters. The summed E-state index contributed by atoms with van der Waals surface area (Å²) >= 11 is 0. The minimum absolute atomic E-state index is 0.0745. The summed E-state index contributed by atoms with van der Waals surface area (Å²) in [7, 11) is -3.79. The Labute approximate surface area is 119 Å². The third-order valence-corrected chi connectivity index (χ3v) is 4.68. The highest BCUT2D eigenvalue weighted by Gasteiger charge is 2.28. The van der Waals surface area contributed by atoms with Crippen LogP contribution in [0.25, 0.3) is 0 Å². The highest BCUT2D eigenvalue weighted by atomic mass is 32.2. The van der Waals surface area contributed by atoms with Crippen LogP contribution in [0, 0.1) is 12.8 Å². The molecule has 0 aliphatic rings. The maximum absolute atomic E-state index is 12.6. The van der Waals surface area contributed by atoms with Gasteiger partial charge in [-0.3, -0.25) is 4.79 Å². The number of nitrogen functional groups attached to an aromatic ring is 1. The van der Waals surface area contributed by atoms with Gasteiger partial charge in [-0.15, -0.1) is 0 Å². The Morgan fingerprint density at radius 3 is 2.45 bits per heavy atom. The molecule has 1 aromatic carbocycles. The number of carbonyl (C=O) groups is 1. The van der Waals surface area contributed by atoms with Gasteiger partial charge in [-0.2, -0.15) is 4.31 Å². The third-order valence-electron chi connectivity index (χ3n) is 2.73. The SMILES string of the molecule is Cc1ccc(N)cc1S(=O)(=O)N(CC(N)=O)CC(C)C. The molecule has 112 valence electrons. The normalized spacial score (nSPS) is 12.1. The zero-order valence-electron chi connectivity index (χ0n) is 12.0. The Kier molecular flexibility index (Phi) is 5.13. The first kappa shape index (κ1) is 16.5. The summed E-state index contributed by atoms with van der Waals surface area (Å²) in [6.07, 6.45) is 0. The first-order valence-electron chi connectivity index (χ1n) is 6.29. The van der Waals surface area contributed by atoms with E-state index in [1.165, 1.54) is 6.07 Å². The number of nitrogens with zero attached hydrogens (tertiary/aromatic N) is 1. The Hall–Kier alpha value is -1.60. The fourth-order valence-electron chi connectivity index (χ4n) is 1.86. The number of primary amides is 1. The summed E-state index contributed by atoms with van der Waals surface area (Å²) in [5.41, 5.74) is 11.7. The summed E-state index contributed by atoms with van der Waals surface area (Å²) in [4.78, 5) is 11.2. The fourth-order valence-corrected chi connectivity index (χ4v) is 3.69. The van der Waals surface area contributed by atoms with Crippen LogP contribution in [0.4, 0.5) is 5.69 Å². The number of hydrogen-bond acceptors (Lipinski definition) is 4. The Balaban J connectivity index is 3.28. The molecule has 6 nitrogen and oxygen atoms in total. The van der Waals surface area contributed by atoms with Gasteiger partial charge in [0.05, 0.1) is 11.4 Å². The van der Waals surface area contributed by atoms with Crippen LogP contribution < -0.4 is 11.5 Å². The van der Waals surface area contributed by atoms with Gasteiger partial charge in [0.15, 0.2) is 0 Å². The molecule has 0 fully saturated rings. The van der Waals surface area contributed by atoms with Gasteiger partial charge in [-0.05, 0) is 30.5 Å². The second-order valence-electron chi connectivity index (χ2n) is 5.18. The number of anilines is 1. The minimum Gasteiger partial charge on any atom is -0.399 e. The van der Waals surface area contributed by atoms with Crippen molar-refractivity contribution in [3.05, 3.63) is 23.8 Å². The van der Waals surface area contributed by atoms with Gasteiger partial charge in [-0.1, -0.05) is 19.9 Å². The van der Waals surface area contributed by atoms with Crippen LogP contribution in [0.2, 0.25) is 0 Å². The quantitative estimate of drug-likeness (QED) is 0.754. The van der Waals surface area contributed by atoms with Gasteiger partial charge >= 0.3 is 0 Å².